The number of hydrogen-bond acceptors (Lipinski definition) is 4. The molecule has 0 radical (unpaired) electrons. The van der Waals surface area contributed by atoms with Gasteiger partial charge in [0.2, 0.25) is 0 Å². The van der Waals surface area contributed by atoms with E-state index >= 15 is 0 Å². The molecule has 120 valence electrons. The molecular weight excluding hydrogens is 304 g/mol. The van der Waals surface area contributed by atoms with Crippen molar-refractivity contribution in [2.45, 2.75) is 45.1 Å². The lowest BCUT2D eigenvalue weighted by molar-refractivity contribution is -0.155. The highest BCUT2D eigenvalue weighted by Crippen LogP contribution is 2.30. The van der Waals surface area contributed by atoms with Crippen molar-refractivity contribution in [2.24, 2.45) is 0 Å². The van der Waals surface area contributed by atoms with E-state index in [-0.39, 0.29) is 17.0 Å². The second kappa shape index (κ2) is 7.09. The zero-order valence-electron chi connectivity index (χ0n) is 13.0. The summed E-state index contributed by atoms with van der Waals surface area (Å²) in [5.74, 6) is -0.549. The lowest BCUT2D eigenvalue weighted by Gasteiger charge is -2.38. The molecule has 0 bridgehead atoms. The van der Waals surface area contributed by atoms with Crippen molar-refractivity contribution >= 4 is 23.5 Å². The smallest absolute Gasteiger partial charge is 0.331 e. The predicted molar refractivity (Wildman–Crippen MR) is 83.8 cm³/mol. The fraction of sp³-hybridized carbons (Fsp3) is 0.562. The van der Waals surface area contributed by atoms with Gasteiger partial charge in [-0.05, 0) is 38.8 Å². The molecule has 1 aliphatic rings. The third kappa shape index (κ3) is 3.40. The number of halogens is 1. The van der Waals surface area contributed by atoms with Gasteiger partial charge in [-0.3, -0.25) is 4.79 Å². The molecule has 1 saturated heterocycles. The first-order valence-electron chi connectivity index (χ1n) is 7.60. The Morgan fingerprint density at radius 3 is 2.86 bits per heavy atom. The zero-order valence-corrected chi connectivity index (χ0v) is 13.7. The molecule has 0 aromatic carbocycles. The minimum Gasteiger partial charge on any atom is -0.464 e. The van der Waals surface area contributed by atoms with E-state index in [9.17, 15) is 9.59 Å². The van der Waals surface area contributed by atoms with E-state index in [1.807, 2.05) is 0 Å². The van der Waals surface area contributed by atoms with Crippen LogP contribution in [0.15, 0.2) is 18.3 Å². The van der Waals surface area contributed by atoms with E-state index in [1.165, 1.54) is 12.3 Å². The summed E-state index contributed by atoms with van der Waals surface area (Å²) in [4.78, 5) is 30.8. The average molecular weight is 325 g/mol. The number of carbonyl (C=O) groups excluding carboxylic acids is 2. The number of likely N-dealkylation sites (tertiary alicyclic amines) is 1. The summed E-state index contributed by atoms with van der Waals surface area (Å²) < 4.78 is 5.21. The second-order valence-corrected chi connectivity index (χ2v) is 6.02. The Balaban J connectivity index is 2.34. The van der Waals surface area contributed by atoms with Gasteiger partial charge in [0.25, 0.3) is 5.91 Å². The number of amides is 1. The fourth-order valence-corrected chi connectivity index (χ4v) is 2.99. The minimum atomic E-state index is -0.931. The van der Waals surface area contributed by atoms with Crippen LogP contribution in [0, 0.1) is 0 Å². The number of aromatic nitrogens is 1. The van der Waals surface area contributed by atoms with Crippen molar-refractivity contribution in [2.75, 3.05) is 13.2 Å². The molecule has 0 spiro atoms. The first-order chi connectivity index (χ1) is 10.5. The number of esters is 1. The molecule has 2 heterocycles. The standard InChI is InChI=1S/C16H21ClN2O3/c1-3-22-15(21)16(2)8-5-4-6-10-19(16)14(20)12-7-9-18-13(17)11-12/h7,9,11H,3-6,8,10H2,1-2H3. The van der Waals surface area contributed by atoms with Gasteiger partial charge < -0.3 is 9.64 Å². The number of rotatable bonds is 3. The van der Waals surface area contributed by atoms with Gasteiger partial charge in [-0.15, -0.1) is 0 Å². The van der Waals surface area contributed by atoms with Crippen LogP contribution in [0.3, 0.4) is 0 Å². The Kier molecular flexibility index (Phi) is 5.40. The highest BCUT2D eigenvalue weighted by atomic mass is 35.5. The third-order valence-electron chi connectivity index (χ3n) is 4.07. The van der Waals surface area contributed by atoms with Crippen LogP contribution in [0.25, 0.3) is 0 Å². The van der Waals surface area contributed by atoms with Gasteiger partial charge >= 0.3 is 5.97 Å². The molecule has 0 N–H and O–H groups in total. The van der Waals surface area contributed by atoms with Gasteiger partial charge in [0.1, 0.15) is 10.7 Å². The van der Waals surface area contributed by atoms with Gasteiger partial charge in [-0.2, -0.15) is 0 Å². The maximum atomic E-state index is 12.9. The maximum Gasteiger partial charge on any atom is 0.331 e. The Hall–Kier alpha value is -1.62. The summed E-state index contributed by atoms with van der Waals surface area (Å²) in [6.45, 7) is 4.40. The molecular formula is C16H21ClN2O3. The summed E-state index contributed by atoms with van der Waals surface area (Å²) in [5, 5.41) is 0.263. The monoisotopic (exact) mass is 324 g/mol. The molecule has 1 aliphatic heterocycles. The largest absolute Gasteiger partial charge is 0.464 e. The quantitative estimate of drug-likeness (QED) is 0.633. The van der Waals surface area contributed by atoms with Crippen LogP contribution in [0.2, 0.25) is 5.15 Å². The van der Waals surface area contributed by atoms with E-state index < -0.39 is 5.54 Å². The first-order valence-corrected chi connectivity index (χ1v) is 7.97. The first kappa shape index (κ1) is 16.7. The molecule has 1 atom stereocenters. The minimum absolute atomic E-state index is 0.207. The zero-order chi connectivity index (χ0) is 16.2. The van der Waals surface area contributed by atoms with Crippen LogP contribution in [0.4, 0.5) is 0 Å². The lowest BCUT2D eigenvalue weighted by Crippen LogP contribution is -2.55. The summed E-state index contributed by atoms with van der Waals surface area (Å²) in [7, 11) is 0. The van der Waals surface area contributed by atoms with Gasteiger partial charge in [0.15, 0.2) is 0 Å². The fourth-order valence-electron chi connectivity index (χ4n) is 2.81. The Labute approximate surface area is 135 Å². The topological polar surface area (TPSA) is 59.5 Å². The van der Waals surface area contributed by atoms with Crippen molar-refractivity contribution in [3.63, 3.8) is 0 Å². The van der Waals surface area contributed by atoms with Crippen LogP contribution in [0.5, 0.6) is 0 Å². The molecule has 1 aromatic rings. The van der Waals surface area contributed by atoms with Gasteiger partial charge in [0.05, 0.1) is 6.61 Å². The molecule has 1 amide bonds. The van der Waals surface area contributed by atoms with E-state index in [0.29, 0.717) is 25.1 Å². The Bertz CT molecular complexity index is 564. The van der Waals surface area contributed by atoms with E-state index in [0.717, 1.165) is 19.3 Å². The van der Waals surface area contributed by atoms with E-state index in [1.54, 1.807) is 24.8 Å². The number of hydrogen-bond donors (Lipinski definition) is 0. The second-order valence-electron chi connectivity index (χ2n) is 5.63. The number of pyridine rings is 1. The van der Waals surface area contributed by atoms with Gasteiger partial charge in [-0.25, -0.2) is 9.78 Å². The Morgan fingerprint density at radius 2 is 2.18 bits per heavy atom. The van der Waals surface area contributed by atoms with E-state index in [4.69, 9.17) is 16.3 Å². The highest BCUT2D eigenvalue weighted by Gasteiger charge is 2.44. The summed E-state index contributed by atoms with van der Waals surface area (Å²) in [6.07, 6.45) is 4.87. The molecule has 2 rings (SSSR count). The molecule has 22 heavy (non-hydrogen) atoms. The van der Waals surface area contributed by atoms with Crippen LogP contribution in [-0.4, -0.2) is 40.5 Å². The van der Waals surface area contributed by atoms with Crippen LogP contribution < -0.4 is 0 Å². The van der Waals surface area contributed by atoms with Crippen molar-refractivity contribution in [3.05, 3.63) is 29.0 Å². The average Bonchev–Trinajstić information content (AvgIpc) is 2.69. The SMILES string of the molecule is CCOC(=O)C1(C)CCCCCN1C(=O)c1ccnc(Cl)c1. The molecule has 5 nitrogen and oxygen atoms in total. The molecule has 0 saturated carbocycles. The number of nitrogens with zero attached hydrogens (tertiary/aromatic N) is 2. The Morgan fingerprint density at radius 1 is 1.41 bits per heavy atom. The maximum absolute atomic E-state index is 12.9. The highest BCUT2D eigenvalue weighted by molar-refractivity contribution is 6.29. The summed E-state index contributed by atoms with van der Waals surface area (Å²) >= 11 is 5.87. The van der Waals surface area contributed by atoms with Crippen LogP contribution >= 0.6 is 11.6 Å². The number of ether oxygens (including phenoxy) is 1. The number of carbonyl (C=O) groups is 2. The van der Waals surface area contributed by atoms with Crippen molar-refractivity contribution in [3.8, 4) is 0 Å². The molecule has 1 fully saturated rings. The predicted octanol–water partition coefficient (Wildman–Crippen LogP) is 3.07. The van der Waals surface area contributed by atoms with Gasteiger partial charge in [0, 0.05) is 18.3 Å². The van der Waals surface area contributed by atoms with Crippen LogP contribution in [-0.2, 0) is 9.53 Å². The van der Waals surface area contributed by atoms with Crippen LogP contribution in [0.1, 0.15) is 49.9 Å². The third-order valence-corrected chi connectivity index (χ3v) is 4.28. The normalized spacial score (nSPS) is 22.0. The summed E-state index contributed by atoms with van der Waals surface area (Å²) in [5.41, 5.74) is -0.489. The van der Waals surface area contributed by atoms with Crippen molar-refractivity contribution in [1.29, 1.82) is 0 Å². The van der Waals surface area contributed by atoms with Gasteiger partial charge in [-0.1, -0.05) is 24.4 Å². The lowest BCUT2D eigenvalue weighted by atomic mass is 9.93. The van der Waals surface area contributed by atoms with E-state index in [2.05, 4.69) is 4.98 Å². The van der Waals surface area contributed by atoms with Crippen molar-refractivity contribution < 1.29 is 14.3 Å². The van der Waals surface area contributed by atoms with Crippen molar-refractivity contribution in [1.82, 2.24) is 9.88 Å². The molecule has 0 aliphatic carbocycles. The molecule has 6 heteroatoms. The summed E-state index contributed by atoms with van der Waals surface area (Å²) in [6, 6.07) is 3.14. The molecule has 1 aromatic heterocycles. The molecule has 1 unspecified atom stereocenters.